The van der Waals surface area contributed by atoms with Crippen molar-refractivity contribution in [2.45, 2.75) is 51.6 Å². The molecule has 0 radical (unpaired) electrons. The topological polar surface area (TPSA) is 67.2 Å². The Morgan fingerprint density at radius 2 is 2.19 bits per heavy atom. The Bertz CT molecular complexity index is 657. The molecule has 0 aliphatic heterocycles. The van der Waals surface area contributed by atoms with E-state index in [1.807, 2.05) is 16.8 Å². The molecule has 3 rings (SSSR count). The van der Waals surface area contributed by atoms with E-state index in [1.54, 1.807) is 0 Å². The highest BCUT2D eigenvalue weighted by Gasteiger charge is 2.20. The molecule has 0 spiro atoms. The van der Waals surface area contributed by atoms with E-state index in [-0.39, 0.29) is 5.56 Å². The number of carboxylic acid groups (broad SMARTS) is 1. The monoisotopic (exact) mass is 287 g/mol. The van der Waals surface area contributed by atoms with E-state index in [1.165, 1.54) is 25.5 Å². The van der Waals surface area contributed by atoms with Crippen LogP contribution in [0.15, 0.2) is 18.5 Å². The van der Waals surface area contributed by atoms with Crippen LogP contribution in [0.2, 0.25) is 0 Å². The zero-order valence-corrected chi connectivity index (χ0v) is 12.3. The lowest BCUT2D eigenvalue weighted by molar-refractivity contribution is 0.0697. The molecular weight excluding hydrogens is 266 g/mol. The largest absolute Gasteiger partial charge is 0.478 e. The average molecular weight is 287 g/mol. The van der Waals surface area contributed by atoms with E-state index in [2.05, 4.69) is 17.2 Å². The zero-order chi connectivity index (χ0) is 14.8. The number of aromatic nitrogens is 2. The first-order valence-corrected chi connectivity index (χ1v) is 7.68. The molecule has 2 aromatic rings. The highest BCUT2D eigenvalue weighted by atomic mass is 16.4. The maximum Gasteiger partial charge on any atom is 0.339 e. The highest BCUT2D eigenvalue weighted by molar-refractivity contribution is 6.03. The Balaban J connectivity index is 2.05. The number of carboxylic acids is 1. The van der Waals surface area contributed by atoms with Gasteiger partial charge in [-0.25, -0.2) is 9.78 Å². The molecule has 2 aromatic heterocycles. The fraction of sp³-hybridized carbons (Fsp3) is 0.500. The van der Waals surface area contributed by atoms with Gasteiger partial charge in [-0.1, -0.05) is 19.3 Å². The Hall–Kier alpha value is -2.04. The third kappa shape index (κ3) is 2.60. The van der Waals surface area contributed by atoms with Gasteiger partial charge in [0.1, 0.15) is 11.2 Å². The van der Waals surface area contributed by atoms with Crippen LogP contribution in [0, 0.1) is 0 Å². The standard InChI is InChI=1S/C16H21N3O2/c1-2-19-9-8-12-14(18-11-6-4-3-5-7-11)13(16(20)21)10-17-15(12)19/h8-11H,2-7H2,1H3,(H,17,18)(H,20,21). The fourth-order valence-electron chi connectivity index (χ4n) is 3.16. The number of fused-ring (bicyclic) bond motifs is 1. The van der Waals surface area contributed by atoms with Gasteiger partial charge in [0.05, 0.1) is 5.69 Å². The average Bonchev–Trinajstić information content (AvgIpc) is 2.92. The van der Waals surface area contributed by atoms with Crippen molar-refractivity contribution in [1.29, 1.82) is 0 Å². The molecule has 1 fully saturated rings. The summed E-state index contributed by atoms with van der Waals surface area (Å²) in [6.45, 7) is 2.88. The number of carbonyl (C=O) groups is 1. The van der Waals surface area contributed by atoms with E-state index < -0.39 is 5.97 Å². The van der Waals surface area contributed by atoms with Gasteiger partial charge in [-0.05, 0) is 25.8 Å². The molecule has 5 heteroatoms. The van der Waals surface area contributed by atoms with Crippen molar-refractivity contribution < 1.29 is 9.90 Å². The van der Waals surface area contributed by atoms with Crippen molar-refractivity contribution in [3.05, 3.63) is 24.0 Å². The van der Waals surface area contributed by atoms with Crippen LogP contribution in [0.3, 0.4) is 0 Å². The molecule has 1 aliphatic carbocycles. The molecule has 1 aliphatic rings. The quantitative estimate of drug-likeness (QED) is 0.903. The molecule has 2 N–H and O–H groups in total. The Morgan fingerprint density at radius 3 is 2.86 bits per heavy atom. The van der Waals surface area contributed by atoms with E-state index >= 15 is 0 Å². The van der Waals surface area contributed by atoms with Gasteiger partial charge < -0.3 is 15.0 Å². The molecule has 2 heterocycles. The zero-order valence-electron chi connectivity index (χ0n) is 12.3. The summed E-state index contributed by atoms with van der Waals surface area (Å²) >= 11 is 0. The highest BCUT2D eigenvalue weighted by Crippen LogP contribution is 2.30. The van der Waals surface area contributed by atoms with Gasteiger partial charge in [-0.15, -0.1) is 0 Å². The number of hydrogen-bond acceptors (Lipinski definition) is 3. The smallest absolute Gasteiger partial charge is 0.339 e. The first kappa shape index (κ1) is 13.9. The van der Waals surface area contributed by atoms with Gasteiger partial charge in [0, 0.05) is 30.4 Å². The number of nitrogens with one attached hydrogen (secondary N) is 1. The molecule has 5 nitrogen and oxygen atoms in total. The van der Waals surface area contributed by atoms with Crippen molar-refractivity contribution in [2.24, 2.45) is 0 Å². The number of hydrogen-bond donors (Lipinski definition) is 2. The van der Waals surface area contributed by atoms with Gasteiger partial charge in [0.2, 0.25) is 0 Å². The summed E-state index contributed by atoms with van der Waals surface area (Å²) in [6.07, 6.45) is 9.36. The Labute approximate surface area is 124 Å². The van der Waals surface area contributed by atoms with E-state index in [0.717, 1.165) is 36.1 Å². The number of aromatic carboxylic acids is 1. The van der Waals surface area contributed by atoms with Crippen LogP contribution in [0.1, 0.15) is 49.4 Å². The maximum absolute atomic E-state index is 11.5. The third-order valence-corrected chi connectivity index (χ3v) is 4.31. The fourth-order valence-corrected chi connectivity index (χ4v) is 3.16. The van der Waals surface area contributed by atoms with Crippen molar-refractivity contribution in [1.82, 2.24) is 9.55 Å². The summed E-state index contributed by atoms with van der Waals surface area (Å²) in [5.74, 6) is -0.924. The first-order valence-electron chi connectivity index (χ1n) is 7.68. The molecule has 0 amide bonds. The predicted octanol–water partition coefficient (Wildman–Crippen LogP) is 3.50. The number of nitrogens with zero attached hydrogens (tertiary/aromatic N) is 2. The van der Waals surface area contributed by atoms with Gasteiger partial charge in [-0.2, -0.15) is 0 Å². The Kier molecular flexibility index (Phi) is 3.82. The lowest BCUT2D eigenvalue weighted by Gasteiger charge is -2.25. The van der Waals surface area contributed by atoms with Crippen molar-refractivity contribution in [3.8, 4) is 0 Å². The van der Waals surface area contributed by atoms with Crippen LogP contribution >= 0.6 is 0 Å². The first-order chi connectivity index (χ1) is 10.2. The normalized spacial score (nSPS) is 16.2. The van der Waals surface area contributed by atoms with E-state index in [9.17, 15) is 9.90 Å². The molecule has 0 unspecified atom stereocenters. The number of rotatable bonds is 4. The van der Waals surface area contributed by atoms with Gasteiger partial charge >= 0.3 is 5.97 Å². The van der Waals surface area contributed by atoms with Crippen LogP contribution in [0.5, 0.6) is 0 Å². The van der Waals surface area contributed by atoms with Crippen LogP contribution in [0.4, 0.5) is 5.69 Å². The van der Waals surface area contributed by atoms with Crippen LogP contribution < -0.4 is 5.32 Å². The molecule has 21 heavy (non-hydrogen) atoms. The second-order valence-corrected chi connectivity index (χ2v) is 5.67. The third-order valence-electron chi connectivity index (χ3n) is 4.31. The van der Waals surface area contributed by atoms with Crippen LogP contribution in [0.25, 0.3) is 11.0 Å². The molecule has 1 saturated carbocycles. The molecular formula is C16H21N3O2. The minimum absolute atomic E-state index is 0.266. The number of anilines is 1. The van der Waals surface area contributed by atoms with Crippen molar-refractivity contribution in [3.63, 3.8) is 0 Å². The lowest BCUT2D eigenvalue weighted by atomic mass is 9.95. The molecule has 0 bridgehead atoms. The van der Waals surface area contributed by atoms with E-state index in [4.69, 9.17) is 0 Å². The summed E-state index contributed by atoms with van der Waals surface area (Å²) in [7, 11) is 0. The van der Waals surface area contributed by atoms with Crippen molar-refractivity contribution in [2.75, 3.05) is 5.32 Å². The van der Waals surface area contributed by atoms with Crippen LogP contribution in [-0.2, 0) is 6.54 Å². The van der Waals surface area contributed by atoms with Crippen molar-refractivity contribution >= 4 is 22.7 Å². The van der Waals surface area contributed by atoms with Gasteiger partial charge in [0.15, 0.2) is 0 Å². The number of aryl methyl sites for hydroxylation is 1. The molecule has 0 aromatic carbocycles. The predicted molar refractivity (Wildman–Crippen MR) is 82.9 cm³/mol. The maximum atomic E-state index is 11.5. The SMILES string of the molecule is CCn1ccc2c(NC3CCCCC3)c(C(=O)O)cnc21. The molecule has 0 saturated heterocycles. The Morgan fingerprint density at radius 1 is 1.43 bits per heavy atom. The second-order valence-electron chi connectivity index (χ2n) is 5.67. The van der Waals surface area contributed by atoms with Crippen LogP contribution in [-0.4, -0.2) is 26.7 Å². The van der Waals surface area contributed by atoms with Gasteiger partial charge in [0.25, 0.3) is 0 Å². The summed E-state index contributed by atoms with van der Waals surface area (Å²) in [5.41, 5.74) is 1.84. The minimum Gasteiger partial charge on any atom is -0.478 e. The summed E-state index contributed by atoms with van der Waals surface area (Å²) in [6, 6.07) is 2.33. The van der Waals surface area contributed by atoms with E-state index in [0.29, 0.717) is 6.04 Å². The van der Waals surface area contributed by atoms with Gasteiger partial charge in [-0.3, -0.25) is 0 Å². The summed E-state index contributed by atoms with van der Waals surface area (Å²) in [4.78, 5) is 15.8. The summed E-state index contributed by atoms with van der Waals surface area (Å²) in [5, 5.41) is 13.8. The molecule has 112 valence electrons. The number of pyridine rings is 1. The lowest BCUT2D eigenvalue weighted by Crippen LogP contribution is -2.23. The molecule has 0 atom stereocenters. The second kappa shape index (κ2) is 5.76. The minimum atomic E-state index is -0.924. The summed E-state index contributed by atoms with van der Waals surface area (Å²) < 4.78 is 2.03.